The number of benzene rings is 1. The van der Waals surface area contributed by atoms with Gasteiger partial charge in [-0.15, -0.1) is 0 Å². The van der Waals surface area contributed by atoms with Crippen molar-refractivity contribution in [1.29, 1.82) is 0 Å². The summed E-state index contributed by atoms with van der Waals surface area (Å²) in [5.41, 5.74) is 4.08. The highest BCUT2D eigenvalue weighted by Crippen LogP contribution is 2.23. The number of rotatable bonds is 2. The van der Waals surface area contributed by atoms with Gasteiger partial charge < -0.3 is 5.11 Å². The Balaban J connectivity index is 3.08. The zero-order valence-corrected chi connectivity index (χ0v) is 8.46. The van der Waals surface area contributed by atoms with E-state index >= 15 is 0 Å². The summed E-state index contributed by atoms with van der Waals surface area (Å²) in [5.74, 6) is 0. The van der Waals surface area contributed by atoms with Crippen molar-refractivity contribution in [3.8, 4) is 0 Å². The van der Waals surface area contributed by atoms with Gasteiger partial charge >= 0.3 is 0 Å². The standard InChI is InChI=1S/C12H16O/c1-8(2)12(13)11-6-5-9(3)7-10(11)4/h5-7,12-13H,1H2,2-4H3. The molecule has 0 radical (unpaired) electrons. The average molecular weight is 176 g/mol. The molecule has 1 aromatic carbocycles. The number of aryl methyl sites for hydroxylation is 2. The average Bonchev–Trinajstić information content (AvgIpc) is 2.03. The van der Waals surface area contributed by atoms with E-state index in [1.54, 1.807) is 0 Å². The molecular weight excluding hydrogens is 160 g/mol. The first-order valence-corrected chi connectivity index (χ1v) is 4.43. The van der Waals surface area contributed by atoms with Crippen molar-refractivity contribution in [2.24, 2.45) is 0 Å². The smallest absolute Gasteiger partial charge is 0.0998 e. The third-order valence-electron chi connectivity index (χ3n) is 2.19. The molecule has 0 saturated heterocycles. The molecule has 0 bridgehead atoms. The number of aliphatic hydroxyl groups is 1. The molecule has 0 amide bonds. The Morgan fingerprint density at radius 3 is 2.46 bits per heavy atom. The van der Waals surface area contributed by atoms with Crippen molar-refractivity contribution in [2.45, 2.75) is 26.9 Å². The lowest BCUT2D eigenvalue weighted by Gasteiger charge is -2.13. The predicted octanol–water partition coefficient (Wildman–Crippen LogP) is 2.91. The van der Waals surface area contributed by atoms with Crippen LogP contribution < -0.4 is 0 Å². The molecule has 0 saturated carbocycles. The summed E-state index contributed by atoms with van der Waals surface area (Å²) in [4.78, 5) is 0. The fraction of sp³-hybridized carbons (Fsp3) is 0.333. The molecule has 0 aliphatic heterocycles. The largest absolute Gasteiger partial charge is 0.384 e. The number of hydrogen-bond acceptors (Lipinski definition) is 1. The van der Waals surface area contributed by atoms with Crippen LogP contribution in [-0.2, 0) is 0 Å². The Bertz CT molecular complexity index is 326. The van der Waals surface area contributed by atoms with E-state index in [1.165, 1.54) is 5.56 Å². The second-order valence-electron chi connectivity index (χ2n) is 3.61. The van der Waals surface area contributed by atoms with Crippen LogP contribution in [0.4, 0.5) is 0 Å². The molecule has 0 aliphatic rings. The second kappa shape index (κ2) is 3.75. The zero-order valence-electron chi connectivity index (χ0n) is 8.46. The van der Waals surface area contributed by atoms with E-state index in [9.17, 15) is 5.11 Å². The van der Waals surface area contributed by atoms with E-state index in [1.807, 2.05) is 32.9 Å². The van der Waals surface area contributed by atoms with Gasteiger partial charge in [0.05, 0.1) is 6.10 Å². The van der Waals surface area contributed by atoms with Crippen molar-refractivity contribution >= 4 is 0 Å². The highest BCUT2D eigenvalue weighted by Gasteiger charge is 2.09. The highest BCUT2D eigenvalue weighted by molar-refractivity contribution is 5.34. The maximum Gasteiger partial charge on any atom is 0.0998 e. The molecule has 0 aliphatic carbocycles. The first-order chi connectivity index (χ1) is 6.02. The Labute approximate surface area is 79.7 Å². The maximum atomic E-state index is 9.77. The Kier molecular flexibility index (Phi) is 2.89. The van der Waals surface area contributed by atoms with Gasteiger partial charge in [-0.2, -0.15) is 0 Å². The molecule has 0 spiro atoms. The molecule has 1 unspecified atom stereocenters. The van der Waals surface area contributed by atoms with Crippen molar-refractivity contribution in [2.75, 3.05) is 0 Å². The number of aliphatic hydroxyl groups excluding tert-OH is 1. The van der Waals surface area contributed by atoms with E-state index < -0.39 is 6.10 Å². The minimum absolute atomic E-state index is 0.527. The molecule has 70 valence electrons. The lowest BCUT2D eigenvalue weighted by Crippen LogP contribution is -2.00. The first kappa shape index (κ1) is 10.0. The summed E-state index contributed by atoms with van der Waals surface area (Å²) in [7, 11) is 0. The maximum absolute atomic E-state index is 9.77. The van der Waals surface area contributed by atoms with E-state index in [4.69, 9.17) is 0 Å². The third-order valence-corrected chi connectivity index (χ3v) is 2.19. The topological polar surface area (TPSA) is 20.2 Å². The molecule has 0 fully saturated rings. The lowest BCUT2D eigenvalue weighted by atomic mass is 9.98. The molecule has 1 nitrogen and oxygen atoms in total. The van der Waals surface area contributed by atoms with Gasteiger partial charge in [-0.1, -0.05) is 30.3 Å². The molecule has 13 heavy (non-hydrogen) atoms. The van der Waals surface area contributed by atoms with E-state index in [0.717, 1.165) is 16.7 Å². The van der Waals surface area contributed by atoms with Crippen LogP contribution in [0.15, 0.2) is 30.4 Å². The second-order valence-corrected chi connectivity index (χ2v) is 3.61. The Hall–Kier alpha value is -1.08. The molecule has 1 rings (SSSR count). The lowest BCUT2D eigenvalue weighted by molar-refractivity contribution is 0.215. The van der Waals surface area contributed by atoms with Crippen molar-refractivity contribution in [3.05, 3.63) is 47.0 Å². The van der Waals surface area contributed by atoms with Crippen LogP contribution in [0.5, 0.6) is 0 Å². The summed E-state index contributed by atoms with van der Waals surface area (Å²) in [5, 5.41) is 9.77. The van der Waals surface area contributed by atoms with Gasteiger partial charge in [0, 0.05) is 0 Å². The van der Waals surface area contributed by atoms with Gasteiger partial charge in [0.2, 0.25) is 0 Å². The summed E-state index contributed by atoms with van der Waals surface area (Å²) >= 11 is 0. The summed E-state index contributed by atoms with van der Waals surface area (Å²) < 4.78 is 0. The van der Waals surface area contributed by atoms with Crippen molar-refractivity contribution in [3.63, 3.8) is 0 Å². The third kappa shape index (κ3) is 2.19. The molecule has 0 aromatic heterocycles. The van der Waals surface area contributed by atoms with Crippen molar-refractivity contribution < 1.29 is 5.11 Å². The van der Waals surface area contributed by atoms with Crippen LogP contribution >= 0.6 is 0 Å². The SMILES string of the molecule is C=C(C)C(O)c1ccc(C)cc1C. The van der Waals surface area contributed by atoms with Gasteiger partial charge in [0.15, 0.2) is 0 Å². The molecule has 0 heterocycles. The van der Waals surface area contributed by atoms with Crippen LogP contribution in [0.3, 0.4) is 0 Å². The summed E-state index contributed by atoms with van der Waals surface area (Å²) in [6, 6.07) is 6.04. The molecule has 1 atom stereocenters. The summed E-state index contributed by atoms with van der Waals surface area (Å²) in [6.07, 6.45) is -0.527. The van der Waals surface area contributed by atoms with Crippen LogP contribution in [0.25, 0.3) is 0 Å². The molecule has 1 heteroatoms. The Morgan fingerprint density at radius 2 is 2.00 bits per heavy atom. The van der Waals surface area contributed by atoms with E-state index in [-0.39, 0.29) is 0 Å². The molecule has 1 N–H and O–H groups in total. The summed E-state index contributed by atoms with van der Waals surface area (Å²) in [6.45, 7) is 9.64. The van der Waals surface area contributed by atoms with Gasteiger partial charge in [-0.25, -0.2) is 0 Å². The van der Waals surface area contributed by atoms with Crippen LogP contribution in [0.2, 0.25) is 0 Å². The minimum Gasteiger partial charge on any atom is -0.384 e. The fourth-order valence-corrected chi connectivity index (χ4v) is 1.40. The minimum atomic E-state index is -0.527. The quantitative estimate of drug-likeness (QED) is 0.687. The van der Waals surface area contributed by atoms with E-state index in [2.05, 4.69) is 12.6 Å². The van der Waals surface area contributed by atoms with E-state index in [0.29, 0.717) is 0 Å². The van der Waals surface area contributed by atoms with Crippen LogP contribution in [0, 0.1) is 13.8 Å². The van der Waals surface area contributed by atoms with Gasteiger partial charge in [-0.3, -0.25) is 0 Å². The fourth-order valence-electron chi connectivity index (χ4n) is 1.40. The van der Waals surface area contributed by atoms with Crippen molar-refractivity contribution in [1.82, 2.24) is 0 Å². The van der Waals surface area contributed by atoms with Gasteiger partial charge in [0.25, 0.3) is 0 Å². The predicted molar refractivity (Wildman–Crippen MR) is 55.7 cm³/mol. The van der Waals surface area contributed by atoms with Crippen LogP contribution in [0.1, 0.15) is 29.7 Å². The molecule has 1 aromatic rings. The highest BCUT2D eigenvalue weighted by atomic mass is 16.3. The first-order valence-electron chi connectivity index (χ1n) is 4.43. The normalized spacial score (nSPS) is 12.6. The molecular formula is C12H16O. The Morgan fingerprint density at radius 1 is 1.38 bits per heavy atom. The number of hydrogen-bond donors (Lipinski definition) is 1. The van der Waals surface area contributed by atoms with Gasteiger partial charge in [0.1, 0.15) is 0 Å². The van der Waals surface area contributed by atoms with Crippen LogP contribution in [-0.4, -0.2) is 5.11 Å². The zero-order chi connectivity index (χ0) is 10.0. The van der Waals surface area contributed by atoms with Gasteiger partial charge in [-0.05, 0) is 37.5 Å². The monoisotopic (exact) mass is 176 g/mol.